The largest absolute Gasteiger partial charge is 0.462 e. The molecule has 2 heterocycles. The standard InChI is InChI=1S/C26H32N4O3S2/c1-5-30-23(18-13-11-17(12-14-18)16(3)4)28-29-26(30)34-15-21(31)27-24-22(25(32)33-6-2)19-9-7-8-10-20(19)35-24/h11-14,16H,5-10,15H2,1-4H3,(H,27,31). The Bertz CT molecular complexity index is 1200. The number of carbonyl (C=O) groups excluding carboxylic acids is 2. The number of anilines is 1. The van der Waals surface area contributed by atoms with Gasteiger partial charge in [0.25, 0.3) is 0 Å². The molecule has 0 aliphatic heterocycles. The van der Waals surface area contributed by atoms with Crippen molar-refractivity contribution in [3.05, 3.63) is 45.8 Å². The van der Waals surface area contributed by atoms with Gasteiger partial charge in [0.15, 0.2) is 11.0 Å². The topological polar surface area (TPSA) is 86.1 Å². The zero-order chi connectivity index (χ0) is 24.9. The Morgan fingerprint density at radius 2 is 1.89 bits per heavy atom. The minimum atomic E-state index is -0.353. The van der Waals surface area contributed by atoms with Crippen molar-refractivity contribution in [2.45, 2.75) is 71.0 Å². The minimum absolute atomic E-state index is 0.173. The van der Waals surface area contributed by atoms with Gasteiger partial charge in [0.05, 0.1) is 17.9 Å². The molecule has 9 heteroatoms. The van der Waals surface area contributed by atoms with E-state index in [1.165, 1.54) is 33.5 Å². The number of thioether (sulfide) groups is 1. The first kappa shape index (κ1) is 25.4. The number of amides is 1. The highest BCUT2D eigenvalue weighted by atomic mass is 32.2. The predicted octanol–water partition coefficient (Wildman–Crippen LogP) is 5.94. The summed E-state index contributed by atoms with van der Waals surface area (Å²) in [6, 6.07) is 8.39. The van der Waals surface area contributed by atoms with Crippen molar-refractivity contribution < 1.29 is 14.3 Å². The van der Waals surface area contributed by atoms with Gasteiger partial charge in [-0.2, -0.15) is 0 Å². The van der Waals surface area contributed by atoms with E-state index in [9.17, 15) is 9.59 Å². The molecule has 1 aliphatic rings. The van der Waals surface area contributed by atoms with Gasteiger partial charge in [0, 0.05) is 17.0 Å². The summed E-state index contributed by atoms with van der Waals surface area (Å²) in [4.78, 5) is 26.7. The van der Waals surface area contributed by atoms with Gasteiger partial charge in [-0.15, -0.1) is 21.5 Å². The summed E-state index contributed by atoms with van der Waals surface area (Å²) < 4.78 is 7.31. The molecule has 35 heavy (non-hydrogen) atoms. The summed E-state index contributed by atoms with van der Waals surface area (Å²) in [5.74, 6) is 0.911. The number of hydrogen-bond donors (Lipinski definition) is 1. The van der Waals surface area contributed by atoms with Gasteiger partial charge in [0.1, 0.15) is 5.00 Å². The van der Waals surface area contributed by atoms with Crippen LogP contribution in [0.1, 0.15) is 72.8 Å². The van der Waals surface area contributed by atoms with Crippen molar-refractivity contribution in [2.75, 3.05) is 17.7 Å². The van der Waals surface area contributed by atoms with Crippen molar-refractivity contribution >= 4 is 40.0 Å². The van der Waals surface area contributed by atoms with Gasteiger partial charge < -0.3 is 14.6 Å². The van der Waals surface area contributed by atoms with Gasteiger partial charge >= 0.3 is 5.97 Å². The van der Waals surface area contributed by atoms with Gasteiger partial charge in [-0.05, 0) is 56.6 Å². The third-order valence-corrected chi connectivity index (χ3v) is 8.28. The van der Waals surface area contributed by atoms with Crippen LogP contribution in [0.3, 0.4) is 0 Å². The van der Waals surface area contributed by atoms with Crippen LogP contribution in [0.15, 0.2) is 29.4 Å². The summed E-state index contributed by atoms with van der Waals surface area (Å²) in [5, 5.41) is 13.0. The Labute approximate surface area is 214 Å². The fourth-order valence-electron chi connectivity index (χ4n) is 4.28. The molecule has 0 fully saturated rings. The Balaban J connectivity index is 1.47. The highest BCUT2D eigenvalue weighted by Gasteiger charge is 2.27. The maximum absolute atomic E-state index is 12.9. The van der Waals surface area contributed by atoms with E-state index in [0.29, 0.717) is 34.8 Å². The maximum Gasteiger partial charge on any atom is 0.341 e. The Morgan fingerprint density at radius 3 is 2.57 bits per heavy atom. The molecule has 3 aromatic rings. The fourth-order valence-corrected chi connectivity index (χ4v) is 6.37. The van der Waals surface area contributed by atoms with E-state index in [4.69, 9.17) is 4.74 Å². The van der Waals surface area contributed by atoms with E-state index < -0.39 is 0 Å². The number of thiophene rings is 1. The van der Waals surface area contributed by atoms with E-state index in [-0.39, 0.29) is 17.6 Å². The number of fused-ring (bicyclic) bond motifs is 1. The van der Waals surface area contributed by atoms with E-state index in [2.05, 4.69) is 53.6 Å². The quantitative estimate of drug-likeness (QED) is 0.282. The number of rotatable bonds is 9. The number of hydrogen-bond acceptors (Lipinski definition) is 7. The van der Waals surface area contributed by atoms with Crippen molar-refractivity contribution in [1.82, 2.24) is 14.8 Å². The lowest BCUT2D eigenvalue weighted by Gasteiger charge is -2.12. The maximum atomic E-state index is 12.9. The first-order valence-corrected chi connectivity index (χ1v) is 14.0. The van der Waals surface area contributed by atoms with Gasteiger partial charge in [-0.3, -0.25) is 4.79 Å². The molecule has 0 saturated heterocycles. The molecule has 0 unspecified atom stereocenters. The van der Waals surface area contributed by atoms with Crippen molar-refractivity contribution in [3.8, 4) is 11.4 Å². The van der Waals surface area contributed by atoms with Crippen LogP contribution in [0.4, 0.5) is 5.00 Å². The summed E-state index contributed by atoms with van der Waals surface area (Å²) in [7, 11) is 0. The zero-order valence-corrected chi connectivity index (χ0v) is 22.4. The average molecular weight is 513 g/mol. The molecule has 0 spiro atoms. The van der Waals surface area contributed by atoms with Crippen LogP contribution in [0.2, 0.25) is 0 Å². The molecule has 7 nitrogen and oxygen atoms in total. The van der Waals surface area contributed by atoms with Gasteiger partial charge in [0.2, 0.25) is 5.91 Å². The molecule has 0 atom stereocenters. The van der Waals surface area contributed by atoms with Crippen LogP contribution in [0.5, 0.6) is 0 Å². The molecular formula is C26H32N4O3S2. The summed E-state index contributed by atoms with van der Waals surface area (Å²) >= 11 is 2.85. The second-order valence-corrected chi connectivity index (χ2v) is 10.8. The normalized spacial score (nSPS) is 13.1. The average Bonchev–Trinajstić information content (AvgIpc) is 3.43. The Morgan fingerprint density at radius 1 is 1.14 bits per heavy atom. The Kier molecular flexibility index (Phi) is 8.28. The monoisotopic (exact) mass is 512 g/mol. The first-order chi connectivity index (χ1) is 16.9. The van der Waals surface area contributed by atoms with E-state index in [1.807, 2.05) is 11.5 Å². The summed E-state index contributed by atoms with van der Waals surface area (Å²) in [6.07, 6.45) is 3.95. The molecule has 1 aromatic carbocycles. The summed E-state index contributed by atoms with van der Waals surface area (Å²) in [5.41, 5.74) is 3.86. The molecule has 1 N–H and O–H groups in total. The number of aryl methyl sites for hydroxylation is 1. The number of ether oxygens (including phenoxy) is 1. The fraction of sp³-hybridized carbons (Fsp3) is 0.462. The highest BCUT2D eigenvalue weighted by molar-refractivity contribution is 7.99. The molecule has 1 aliphatic carbocycles. The second-order valence-electron chi connectivity index (χ2n) is 8.80. The molecule has 4 rings (SSSR count). The van der Waals surface area contributed by atoms with Crippen LogP contribution in [0.25, 0.3) is 11.4 Å². The highest BCUT2D eigenvalue weighted by Crippen LogP contribution is 2.38. The lowest BCUT2D eigenvalue weighted by atomic mass is 9.95. The number of esters is 1. The van der Waals surface area contributed by atoms with Crippen LogP contribution in [0, 0.1) is 0 Å². The SMILES string of the molecule is CCOC(=O)c1c(NC(=O)CSc2nnc(-c3ccc(C(C)C)cc3)n2CC)sc2c1CCCC2. The molecule has 0 radical (unpaired) electrons. The molecule has 0 bridgehead atoms. The molecular weight excluding hydrogens is 480 g/mol. The number of carbonyl (C=O) groups is 2. The predicted molar refractivity (Wildman–Crippen MR) is 141 cm³/mol. The molecule has 2 aromatic heterocycles. The third-order valence-electron chi connectivity index (χ3n) is 6.10. The number of benzene rings is 1. The van der Waals surface area contributed by atoms with E-state index in [1.54, 1.807) is 6.92 Å². The van der Waals surface area contributed by atoms with Crippen molar-refractivity contribution in [2.24, 2.45) is 0 Å². The van der Waals surface area contributed by atoms with Crippen LogP contribution in [-0.4, -0.2) is 39.0 Å². The number of aromatic nitrogens is 3. The van der Waals surface area contributed by atoms with Crippen LogP contribution < -0.4 is 5.32 Å². The second kappa shape index (κ2) is 11.4. The van der Waals surface area contributed by atoms with Crippen LogP contribution >= 0.6 is 23.1 Å². The Hall–Kier alpha value is -2.65. The number of nitrogens with zero attached hydrogens (tertiary/aromatic N) is 3. The third kappa shape index (κ3) is 5.62. The lowest BCUT2D eigenvalue weighted by molar-refractivity contribution is -0.113. The minimum Gasteiger partial charge on any atom is -0.462 e. The lowest BCUT2D eigenvalue weighted by Crippen LogP contribution is -2.17. The first-order valence-electron chi connectivity index (χ1n) is 12.2. The van der Waals surface area contributed by atoms with Gasteiger partial charge in [-0.25, -0.2) is 4.79 Å². The number of nitrogens with one attached hydrogen (secondary N) is 1. The van der Waals surface area contributed by atoms with Crippen molar-refractivity contribution in [1.29, 1.82) is 0 Å². The zero-order valence-electron chi connectivity index (χ0n) is 20.7. The molecule has 0 saturated carbocycles. The van der Waals surface area contributed by atoms with E-state index in [0.717, 1.165) is 42.6 Å². The summed E-state index contributed by atoms with van der Waals surface area (Å²) in [6.45, 7) is 9.18. The van der Waals surface area contributed by atoms with Crippen molar-refractivity contribution in [3.63, 3.8) is 0 Å². The molecule has 1 amide bonds. The van der Waals surface area contributed by atoms with Crippen LogP contribution in [-0.2, 0) is 28.9 Å². The smallest absolute Gasteiger partial charge is 0.341 e. The van der Waals surface area contributed by atoms with E-state index >= 15 is 0 Å². The molecule has 186 valence electrons. The van der Waals surface area contributed by atoms with Gasteiger partial charge in [-0.1, -0.05) is 49.9 Å².